The Morgan fingerprint density at radius 3 is 2.65 bits per heavy atom. The van der Waals surface area contributed by atoms with Crippen molar-refractivity contribution in [2.75, 3.05) is 27.2 Å². The van der Waals surface area contributed by atoms with Crippen LogP contribution in [0.4, 0.5) is 4.39 Å². The number of nitrogens with zero attached hydrogens (tertiary/aromatic N) is 3. The first-order chi connectivity index (χ1) is 17.9. The van der Waals surface area contributed by atoms with Crippen molar-refractivity contribution in [3.8, 4) is 0 Å². The number of hydrogen-bond acceptors (Lipinski definition) is 6. The van der Waals surface area contributed by atoms with E-state index in [1.54, 1.807) is 32.3 Å². The molecule has 6 atom stereocenters. The van der Waals surface area contributed by atoms with E-state index in [2.05, 4.69) is 21.2 Å². The summed E-state index contributed by atoms with van der Waals surface area (Å²) in [5, 5.41) is 3.29. The average molecular weight is 509 g/mol. The molecule has 9 heteroatoms. The molecule has 198 valence electrons. The summed E-state index contributed by atoms with van der Waals surface area (Å²) in [4.78, 5) is 34.2. The first-order valence-corrected chi connectivity index (χ1v) is 13.3. The summed E-state index contributed by atoms with van der Waals surface area (Å²) >= 11 is 0. The molecule has 2 aromatic rings. The number of pyridine rings is 1. The van der Waals surface area contributed by atoms with E-state index in [0.29, 0.717) is 30.6 Å². The normalized spacial score (nSPS) is 28.8. The van der Waals surface area contributed by atoms with Crippen LogP contribution in [0.2, 0.25) is 0 Å². The highest BCUT2D eigenvalue weighted by Crippen LogP contribution is 2.40. The number of likely N-dealkylation sites (tertiary alicyclic amines) is 1. The number of hydrazine groups is 1. The van der Waals surface area contributed by atoms with Crippen LogP contribution < -0.4 is 16.2 Å². The van der Waals surface area contributed by atoms with Crippen LogP contribution in [0.5, 0.6) is 0 Å². The van der Waals surface area contributed by atoms with Crippen molar-refractivity contribution in [1.29, 1.82) is 0 Å². The van der Waals surface area contributed by atoms with Crippen LogP contribution in [0.25, 0.3) is 0 Å². The number of carbonyl (C=O) groups is 2. The summed E-state index contributed by atoms with van der Waals surface area (Å²) in [6.07, 6.45) is 7.91. The second-order valence-corrected chi connectivity index (χ2v) is 10.8. The van der Waals surface area contributed by atoms with E-state index >= 15 is 0 Å². The van der Waals surface area contributed by atoms with Gasteiger partial charge in [-0.25, -0.2) is 9.82 Å². The van der Waals surface area contributed by atoms with Gasteiger partial charge in [0, 0.05) is 56.6 Å². The van der Waals surface area contributed by atoms with Crippen molar-refractivity contribution in [3.63, 3.8) is 0 Å². The highest BCUT2D eigenvalue weighted by molar-refractivity contribution is 5.83. The molecule has 0 spiro atoms. The molecule has 3 heterocycles. The number of hydrogen-bond donors (Lipinski definition) is 3. The number of amides is 2. The van der Waals surface area contributed by atoms with Gasteiger partial charge in [0.05, 0.1) is 6.04 Å². The van der Waals surface area contributed by atoms with Crippen LogP contribution in [0.3, 0.4) is 0 Å². The van der Waals surface area contributed by atoms with Crippen molar-refractivity contribution < 1.29 is 14.0 Å². The lowest BCUT2D eigenvalue weighted by atomic mass is 9.74. The Labute approximate surface area is 218 Å². The second kappa shape index (κ2) is 11.2. The number of fused-ring (bicyclic) bond motifs is 1. The third-order valence-corrected chi connectivity index (χ3v) is 8.23. The molecule has 3 aliphatic rings. The van der Waals surface area contributed by atoms with Gasteiger partial charge in [-0.2, -0.15) is 0 Å². The Bertz CT molecular complexity index is 1100. The Hall–Kier alpha value is -2.88. The van der Waals surface area contributed by atoms with Crippen LogP contribution in [0.1, 0.15) is 55.3 Å². The lowest BCUT2D eigenvalue weighted by molar-refractivity contribution is -0.135. The van der Waals surface area contributed by atoms with Crippen LogP contribution >= 0.6 is 0 Å². The van der Waals surface area contributed by atoms with E-state index in [9.17, 15) is 14.0 Å². The molecule has 2 saturated heterocycles. The number of halogens is 1. The minimum Gasteiger partial charge on any atom is -0.352 e. The van der Waals surface area contributed by atoms with Gasteiger partial charge in [-0.05, 0) is 68.3 Å². The number of benzene rings is 1. The van der Waals surface area contributed by atoms with E-state index in [1.807, 2.05) is 29.4 Å². The Balaban J connectivity index is 1.25. The van der Waals surface area contributed by atoms with E-state index in [-0.39, 0.29) is 35.6 Å². The quantitative estimate of drug-likeness (QED) is 0.556. The zero-order chi connectivity index (χ0) is 25.9. The first-order valence-electron chi connectivity index (χ1n) is 13.3. The standard InChI is InChI=1S/C28H37FN6O2/c1-34(2)28(37)26(21-7-3-4-8-23(21)29)35-15-5-6-20(17-35)31-27(36)19-9-10-24-22(16-19)25(33-32-24)18-11-13-30-14-12-18/h3-4,7-8,11-14,19-20,22,24-26,32-33H,5-6,9-10,15-17H2,1-2H3,(H,31,36)/t19?,20-,22?,24?,25?,26?/m1/s1. The van der Waals surface area contributed by atoms with Gasteiger partial charge in [-0.1, -0.05) is 18.2 Å². The molecular weight excluding hydrogens is 471 g/mol. The van der Waals surface area contributed by atoms with Crippen LogP contribution in [0.15, 0.2) is 48.8 Å². The van der Waals surface area contributed by atoms with E-state index in [1.165, 1.54) is 16.5 Å². The third-order valence-electron chi connectivity index (χ3n) is 8.23. The summed E-state index contributed by atoms with van der Waals surface area (Å²) in [7, 11) is 3.39. The van der Waals surface area contributed by atoms with Gasteiger partial charge in [-0.3, -0.25) is 24.9 Å². The Kier molecular flexibility index (Phi) is 7.83. The molecule has 0 radical (unpaired) electrons. The largest absolute Gasteiger partial charge is 0.352 e. The van der Waals surface area contributed by atoms with Crippen molar-refractivity contribution in [1.82, 2.24) is 31.0 Å². The highest BCUT2D eigenvalue weighted by atomic mass is 19.1. The molecule has 3 fully saturated rings. The monoisotopic (exact) mass is 508 g/mol. The van der Waals surface area contributed by atoms with Crippen molar-refractivity contribution >= 4 is 11.8 Å². The fourth-order valence-corrected chi connectivity index (χ4v) is 6.30. The zero-order valence-electron chi connectivity index (χ0n) is 21.6. The Morgan fingerprint density at radius 2 is 1.89 bits per heavy atom. The molecule has 5 unspecified atom stereocenters. The van der Waals surface area contributed by atoms with Crippen molar-refractivity contribution in [2.24, 2.45) is 11.8 Å². The number of nitrogens with one attached hydrogen (secondary N) is 3. The maximum atomic E-state index is 14.7. The van der Waals surface area contributed by atoms with Gasteiger partial charge < -0.3 is 10.2 Å². The minimum absolute atomic E-state index is 0.0477. The molecule has 0 bridgehead atoms. The topological polar surface area (TPSA) is 89.6 Å². The predicted octanol–water partition coefficient (Wildman–Crippen LogP) is 2.56. The molecule has 1 aromatic carbocycles. The molecule has 2 amide bonds. The summed E-state index contributed by atoms with van der Waals surface area (Å²) in [6.45, 7) is 1.20. The molecule has 5 rings (SSSR count). The van der Waals surface area contributed by atoms with Gasteiger partial charge in [0.25, 0.3) is 0 Å². The second-order valence-electron chi connectivity index (χ2n) is 10.8. The minimum atomic E-state index is -0.705. The maximum absolute atomic E-state index is 14.7. The Morgan fingerprint density at radius 1 is 1.11 bits per heavy atom. The fraction of sp³-hybridized carbons (Fsp3) is 0.536. The molecule has 3 N–H and O–H groups in total. The van der Waals surface area contributed by atoms with E-state index < -0.39 is 6.04 Å². The summed E-state index contributed by atoms with van der Waals surface area (Å²) in [5.41, 5.74) is 8.43. The van der Waals surface area contributed by atoms with Crippen molar-refractivity contribution in [3.05, 3.63) is 65.7 Å². The smallest absolute Gasteiger partial charge is 0.244 e. The lowest BCUT2D eigenvalue weighted by Crippen LogP contribution is -2.53. The number of aromatic nitrogens is 1. The fourth-order valence-electron chi connectivity index (χ4n) is 6.30. The van der Waals surface area contributed by atoms with Gasteiger partial charge in [0.15, 0.2) is 0 Å². The number of carbonyl (C=O) groups excluding carboxylic acids is 2. The molecule has 2 aliphatic heterocycles. The van der Waals surface area contributed by atoms with Crippen molar-refractivity contribution in [2.45, 2.75) is 56.3 Å². The zero-order valence-corrected chi connectivity index (χ0v) is 21.6. The SMILES string of the molecule is CN(C)C(=O)C(c1ccccc1F)N1CCC[C@@H](NC(=O)C2CCC3NNC(c4ccncc4)C3C2)C1. The lowest BCUT2D eigenvalue weighted by Gasteiger charge is -2.39. The molecule has 1 aromatic heterocycles. The van der Waals surface area contributed by atoms with Gasteiger partial charge in [-0.15, -0.1) is 0 Å². The summed E-state index contributed by atoms with van der Waals surface area (Å²) in [6, 6.07) is 10.3. The van der Waals surface area contributed by atoms with Crippen LogP contribution in [0, 0.1) is 17.7 Å². The first kappa shape index (κ1) is 25.8. The molecular formula is C28H37FN6O2. The molecule has 1 saturated carbocycles. The molecule has 1 aliphatic carbocycles. The van der Waals surface area contributed by atoms with Gasteiger partial charge in [0.1, 0.15) is 11.9 Å². The van der Waals surface area contributed by atoms with Gasteiger partial charge in [0.2, 0.25) is 11.8 Å². The predicted molar refractivity (Wildman–Crippen MR) is 138 cm³/mol. The summed E-state index contributed by atoms with van der Waals surface area (Å²) < 4.78 is 14.7. The van der Waals surface area contributed by atoms with Crippen LogP contribution in [-0.2, 0) is 9.59 Å². The average Bonchev–Trinajstić information content (AvgIpc) is 3.34. The third kappa shape index (κ3) is 5.54. The maximum Gasteiger partial charge on any atom is 0.244 e. The number of likely N-dealkylation sites (N-methyl/N-ethyl adjacent to an activating group) is 1. The van der Waals surface area contributed by atoms with E-state index in [0.717, 1.165) is 32.1 Å². The molecule has 8 nitrogen and oxygen atoms in total. The van der Waals surface area contributed by atoms with Gasteiger partial charge >= 0.3 is 0 Å². The number of rotatable bonds is 6. The van der Waals surface area contributed by atoms with Crippen LogP contribution in [-0.4, -0.2) is 65.9 Å². The highest BCUT2D eigenvalue weighted by Gasteiger charge is 2.43. The summed E-state index contributed by atoms with van der Waals surface area (Å²) in [5.74, 6) is -0.162. The van der Waals surface area contributed by atoms with E-state index in [4.69, 9.17) is 0 Å². The molecule has 37 heavy (non-hydrogen) atoms. The number of piperidine rings is 1.